The molecule has 41 heavy (non-hydrogen) atoms. The first-order valence-electron chi connectivity index (χ1n) is 13.4. The highest BCUT2D eigenvalue weighted by Crippen LogP contribution is 2.29. The van der Waals surface area contributed by atoms with Gasteiger partial charge in [-0.3, -0.25) is 19.4 Å². The fourth-order valence-corrected chi connectivity index (χ4v) is 5.47. The Balaban J connectivity index is 1.18. The van der Waals surface area contributed by atoms with E-state index in [2.05, 4.69) is 0 Å². The number of carbonyl (C=O) groups excluding carboxylic acids is 2. The van der Waals surface area contributed by atoms with Gasteiger partial charge in [0, 0.05) is 97.7 Å². The second kappa shape index (κ2) is 12.7. The van der Waals surface area contributed by atoms with Gasteiger partial charge in [-0.15, -0.1) is 0 Å². The lowest BCUT2D eigenvalue weighted by Gasteiger charge is -2.35. The lowest BCUT2D eigenvalue weighted by Crippen LogP contribution is -2.48. The minimum Gasteiger partial charge on any atom is -0.505 e. The molecule has 2 amide bonds. The van der Waals surface area contributed by atoms with Gasteiger partial charge >= 0.3 is 0 Å². The van der Waals surface area contributed by atoms with Gasteiger partial charge < -0.3 is 14.9 Å². The van der Waals surface area contributed by atoms with Crippen LogP contribution in [0, 0.1) is 11.6 Å². The molecule has 0 spiro atoms. The van der Waals surface area contributed by atoms with Gasteiger partial charge in [0.15, 0.2) is 11.6 Å². The summed E-state index contributed by atoms with van der Waals surface area (Å²) >= 11 is 11.8. The molecule has 2 aliphatic heterocycles. The lowest BCUT2D eigenvalue weighted by molar-refractivity contribution is 0.0623. The molecule has 7 nitrogen and oxygen atoms in total. The highest BCUT2D eigenvalue weighted by molar-refractivity contribution is 6.31. The largest absolute Gasteiger partial charge is 0.505 e. The van der Waals surface area contributed by atoms with Crippen LogP contribution in [0.15, 0.2) is 54.6 Å². The van der Waals surface area contributed by atoms with Crippen molar-refractivity contribution in [3.63, 3.8) is 0 Å². The van der Waals surface area contributed by atoms with Crippen molar-refractivity contribution in [1.82, 2.24) is 19.6 Å². The van der Waals surface area contributed by atoms with Crippen LogP contribution in [-0.4, -0.2) is 88.9 Å². The second-order valence-corrected chi connectivity index (χ2v) is 11.2. The molecule has 0 saturated carbocycles. The van der Waals surface area contributed by atoms with Crippen molar-refractivity contribution in [3.05, 3.63) is 98.5 Å². The van der Waals surface area contributed by atoms with E-state index in [1.165, 1.54) is 6.07 Å². The molecule has 0 atom stereocenters. The summed E-state index contributed by atoms with van der Waals surface area (Å²) in [6, 6.07) is 15.0. The topological polar surface area (TPSA) is 67.3 Å². The van der Waals surface area contributed by atoms with Crippen LogP contribution in [0.3, 0.4) is 0 Å². The third-order valence-corrected chi connectivity index (χ3v) is 8.13. The number of hydrogen-bond acceptors (Lipinski definition) is 5. The zero-order valence-corrected chi connectivity index (χ0v) is 23.8. The fraction of sp³-hybridized carbons (Fsp3) is 0.333. The van der Waals surface area contributed by atoms with Crippen molar-refractivity contribution < 1.29 is 23.5 Å². The first kappa shape index (κ1) is 29.3. The molecule has 0 unspecified atom stereocenters. The third-order valence-electron chi connectivity index (χ3n) is 7.62. The van der Waals surface area contributed by atoms with E-state index in [1.807, 2.05) is 9.80 Å². The number of phenolic OH excluding ortho intramolecular Hbond substituents is 1. The predicted octanol–water partition coefficient (Wildman–Crippen LogP) is 4.89. The molecular formula is C30H30Cl2F2N4O3. The third kappa shape index (κ3) is 6.81. The highest BCUT2D eigenvalue weighted by atomic mass is 35.5. The van der Waals surface area contributed by atoms with Crippen molar-refractivity contribution >= 4 is 35.0 Å². The number of carbonyl (C=O) groups is 2. The van der Waals surface area contributed by atoms with Gasteiger partial charge in [-0.25, -0.2) is 4.39 Å². The molecular weight excluding hydrogens is 573 g/mol. The number of benzene rings is 3. The van der Waals surface area contributed by atoms with E-state index in [0.717, 1.165) is 0 Å². The normalized spacial score (nSPS) is 16.7. The molecule has 2 fully saturated rings. The Labute approximate surface area is 247 Å². The second-order valence-electron chi connectivity index (χ2n) is 10.3. The quantitative estimate of drug-likeness (QED) is 0.435. The standard InChI is InChI=1S/C30H30Cl2F2N4O3/c31-24-5-1-20(2-6-24)29(40)37-13-9-35(10-14-37)18-22-17-23(28(39)27(34)26(22)33)19-36-11-15-38(16-12-36)30(41)21-3-7-25(32)8-4-21/h1-8,17,39H,9-16,18-19H2. The van der Waals surface area contributed by atoms with Crippen molar-refractivity contribution in [2.45, 2.75) is 13.1 Å². The molecule has 2 aliphatic rings. The van der Waals surface area contributed by atoms with Crippen LogP contribution in [0.1, 0.15) is 31.8 Å². The number of nitrogens with zero attached hydrogens (tertiary/aromatic N) is 4. The average molecular weight is 603 g/mol. The molecule has 11 heteroatoms. The summed E-state index contributed by atoms with van der Waals surface area (Å²) in [6.45, 7) is 4.28. The van der Waals surface area contributed by atoms with Crippen LogP contribution in [0.5, 0.6) is 5.75 Å². The van der Waals surface area contributed by atoms with Gasteiger partial charge in [0.25, 0.3) is 11.8 Å². The van der Waals surface area contributed by atoms with Crippen LogP contribution >= 0.6 is 23.2 Å². The van der Waals surface area contributed by atoms with Crippen molar-refractivity contribution in [3.8, 4) is 5.75 Å². The number of rotatable bonds is 6. The Kier molecular flexibility index (Phi) is 9.09. The maximum atomic E-state index is 14.9. The first-order chi connectivity index (χ1) is 19.7. The van der Waals surface area contributed by atoms with Crippen molar-refractivity contribution in [1.29, 1.82) is 0 Å². The first-order valence-corrected chi connectivity index (χ1v) is 14.2. The van der Waals surface area contributed by atoms with Crippen molar-refractivity contribution in [2.24, 2.45) is 0 Å². The van der Waals surface area contributed by atoms with E-state index in [9.17, 15) is 23.5 Å². The summed E-state index contributed by atoms with van der Waals surface area (Å²) in [5.74, 6) is -3.20. The summed E-state index contributed by atoms with van der Waals surface area (Å²) < 4.78 is 29.6. The smallest absolute Gasteiger partial charge is 0.253 e. The van der Waals surface area contributed by atoms with E-state index < -0.39 is 17.4 Å². The molecule has 0 bridgehead atoms. The molecule has 2 saturated heterocycles. The summed E-state index contributed by atoms with van der Waals surface area (Å²) in [5.41, 5.74) is 1.56. The monoisotopic (exact) mass is 602 g/mol. The van der Waals surface area contributed by atoms with E-state index in [1.54, 1.807) is 58.3 Å². The van der Waals surface area contributed by atoms with Gasteiger partial charge in [0.1, 0.15) is 0 Å². The van der Waals surface area contributed by atoms with E-state index in [-0.39, 0.29) is 30.5 Å². The van der Waals surface area contributed by atoms with Gasteiger partial charge in [0.05, 0.1) is 0 Å². The number of halogens is 4. The molecule has 2 heterocycles. The van der Waals surface area contributed by atoms with E-state index >= 15 is 0 Å². The van der Waals surface area contributed by atoms with Crippen molar-refractivity contribution in [2.75, 3.05) is 52.4 Å². The van der Waals surface area contributed by atoms with E-state index in [0.29, 0.717) is 79.1 Å². The Morgan fingerprint density at radius 2 is 1.02 bits per heavy atom. The minimum absolute atomic E-state index is 0.0887. The van der Waals surface area contributed by atoms with Crippen LogP contribution in [-0.2, 0) is 13.1 Å². The Hall–Kier alpha value is -3.24. The van der Waals surface area contributed by atoms with E-state index in [4.69, 9.17) is 23.2 Å². The summed E-state index contributed by atoms with van der Waals surface area (Å²) in [4.78, 5) is 33.0. The molecule has 0 radical (unpaired) electrons. The van der Waals surface area contributed by atoms with Crippen LogP contribution in [0.25, 0.3) is 0 Å². The van der Waals surface area contributed by atoms with Gasteiger partial charge in [-0.2, -0.15) is 4.39 Å². The Morgan fingerprint density at radius 1 is 0.634 bits per heavy atom. The zero-order chi connectivity index (χ0) is 29.1. The SMILES string of the molecule is O=C(c1ccc(Cl)cc1)N1CCN(Cc2cc(CN3CCN(C(=O)c4ccc(Cl)cc4)CC3)c(F)c(F)c2O)CC1. The average Bonchev–Trinajstić information content (AvgIpc) is 2.99. The van der Waals surface area contributed by atoms with Gasteiger partial charge in [0.2, 0.25) is 5.82 Å². The zero-order valence-electron chi connectivity index (χ0n) is 22.3. The maximum Gasteiger partial charge on any atom is 0.253 e. The number of phenols is 1. The molecule has 3 aromatic carbocycles. The van der Waals surface area contributed by atoms with Crippen LogP contribution in [0.2, 0.25) is 10.0 Å². The van der Waals surface area contributed by atoms with Crippen LogP contribution in [0.4, 0.5) is 8.78 Å². The minimum atomic E-state index is -1.26. The Bertz CT molecular complexity index is 1300. The molecule has 1 N–H and O–H groups in total. The number of piperazine rings is 2. The van der Waals surface area contributed by atoms with Gasteiger partial charge in [-0.1, -0.05) is 23.2 Å². The molecule has 0 aliphatic carbocycles. The molecule has 216 valence electrons. The lowest BCUT2D eigenvalue weighted by atomic mass is 10.1. The number of hydrogen-bond donors (Lipinski definition) is 1. The number of aromatic hydroxyl groups is 1. The molecule has 3 aromatic rings. The summed E-state index contributed by atoms with van der Waals surface area (Å²) in [5, 5.41) is 11.5. The fourth-order valence-electron chi connectivity index (χ4n) is 5.21. The Morgan fingerprint density at radius 3 is 1.44 bits per heavy atom. The summed E-state index contributed by atoms with van der Waals surface area (Å²) in [7, 11) is 0. The predicted molar refractivity (Wildman–Crippen MR) is 153 cm³/mol. The summed E-state index contributed by atoms with van der Waals surface area (Å²) in [6.07, 6.45) is 0. The maximum absolute atomic E-state index is 14.9. The van der Waals surface area contributed by atoms with Gasteiger partial charge in [-0.05, 0) is 54.6 Å². The highest BCUT2D eigenvalue weighted by Gasteiger charge is 2.27. The molecule has 5 rings (SSSR count). The molecule has 0 aromatic heterocycles. The number of amides is 2. The van der Waals surface area contributed by atoms with Crippen LogP contribution < -0.4 is 0 Å².